The molecule has 27 heavy (non-hydrogen) atoms. The first-order valence-corrected chi connectivity index (χ1v) is 9.46. The van der Waals surface area contributed by atoms with E-state index in [1.54, 1.807) is 0 Å². The second-order valence-electron chi connectivity index (χ2n) is 7.89. The number of aromatic nitrogens is 2. The van der Waals surface area contributed by atoms with Crippen LogP contribution in [-0.4, -0.2) is 28.0 Å². The van der Waals surface area contributed by atoms with Crippen LogP contribution in [0.4, 0.5) is 5.69 Å². The van der Waals surface area contributed by atoms with Gasteiger partial charge in [-0.3, -0.25) is 0 Å². The van der Waals surface area contributed by atoms with Crippen molar-refractivity contribution >= 4 is 17.3 Å². The fraction of sp³-hybridized carbons (Fsp3) is 0.364. The Morgan fingerprint density at radius 1 is 1.22 bits per heavy atom. The molecule has 5 nitrogen and oxygen atoms in total. The van der Waals surface area contributed by atoms with Crippen LogP contribution in [0.2, 0.25) is 0 Å². The van der Waals surface area contributed by atoms with Crippen molar-refractivity contribution in [2.75, 3.05) is 12.4 Å². The Morgan fingerprint density at radius 3 is 2.59 bits per heavy atom. The van der Waals surface area contributed by atoms with E-state index in [-0.39, 0.29) is 11.5 Å². The molecule has 1 aliphatic carbocycles. The van der Waals surface area contributed by atoms with Crippen molar-refractivity contribution in [1.29, 1.82) is 0 Å². The number of anilines is 1. The van der Waals surface area contributed by atoms with Crippen molar-refractivity contribution < 1.29 is 9.53 Å². The number of carbonyl (C=O) groups excluding carboxylic acids is 1. The van der Waals surface area contributed by atoms with E-state index in [9.17, 15) is 4.79 Å². The average Bonchev–Trinajstić information content (AvgIpc) is 3.17. The molecule has 2 aromatic heterocycles. The Kier molecular flexibility index (Phi) is 3.39. The van der Waals surface area contributed by atoms with Gasteiger partial charge >= 0.3 is 5.97 Å². The highest BCUT2D eigenvalue weighted by Gasteiger charge is 2.41. The molecule has 0 amide bonds. The van der Waals surface area contributed by atoms with E-state index in [1.165, 1.54) is 18.2 Å². The minimum absolute atomic E-state index is 0.000319. The topological polar surface area (TPSA) is 55.6 Å². The Morgan fingerprint density at radius 2 is 1.93 bits per heavy atom. The molecule has 1 spiro atoms. The molecule has 0 fully saturated rings. The Hall–Kier alpha value is -2.82. The van der Waals surface area contributed by atoms with Crippen LogP contribution in [0.25, 0.3) is 5.65 Å². The van der Waals surface area contributed by atoms with E-state index < -0.39 is 0 Å². The lowest BCUT2D eigenvalue weighted by Gasteiger charge is -2.37. The molecule has 0 radical (unpaired) electrons. The van der Waals surface area contributed by atoms with Gasteiger partial charge in [-0.1, -0.05) is 24.3 Å². The molecule has 0 saturated heterocycles. The number of pyridine rings is 1. The molecule has 1 N–H and O–H groups in total. The summed E-state index contributed by atoms with van der Waals surface area (Å²) in [4.78, 5) is 17.3. The molecule has 0 saturated carbocycles. The standard InChI is InChI=1S/C22H23N3O2/c1-13-14(2)25-12-18(21(26)27-3)17-8-9-22(24-19(17)20(25)23-13)10-15-6-4-5-7-16(15)11-22/h4-7,12,24H,8-11H2,1-3H3. The number of nitrogens with zero attached hydrogens (tertiary/aromatic N) is 2. The number of imidazole rings is 1. The molecule has 1 aliphatic heterocycles. The van der Waals surface area contributed by atoms with Crippen LogP contribution in [0.5, 0.6) is 0 Å². The van der Waals surface area contributed by atoms with Gasteiger partial charge in [-0.25, -0.2) is 9.78 Å². The summed E-state index contributed by atoms with van der Waals surface area (Å²) in [5, 5.41) is 3.83. The first kappa shape index (κ1) is 16.4. The quantitative estimate of drug-likeness (QED) is 0.673. The molecule has 5 rings (SSSR count). The zero-order chi connectivity index (χ0) is 18.8. The Bertz CT molecular complexity index is 1070. The number of hydrogen-bond acceptors (Lipinski definition) is 4. The van der Waals surface area contributed by atoms with Gasteiger partial charge in [0.05, 0.1) is 24.1 Å². The van der Waals surface area contributed by atoms with Crippen LogP contribution in [0.3, 0.4) is 0 Å². The maximum absolute atomic E-state index is 12.5. The third-order valence-electron chi connectivity index (χ3n) is 6.32. The molecule has 0 unspecified atom stereocenters. The fourth-order valence-electron chi connectivity index (χ4n) is 4.77. The van der Waals surface area contributed by atoms with Crippen molar-refractivity contribution in [3.05, 3.63) is 64.1 Å². The number of methoxy groups -OCH3 is 1. The highest BCUT2D eigenvalue weighted by atomic mass is 16.5. The van der Waals surface area contributed by atoms with Gasteiger partial charge in [0.15, 0.2) is 5.65 Å². The molecule has 138 valence electrons. The minimum atomic E-state index is -0.286. The van der Waals surface area contributed by atoms with E-state index in [4.69, 9.17) is 9.72 Å². The molecule has 0 bridgehead atoms. The summed E-state index contributed by atoms with van der Waals surface area (Å²) in [5.74, 6) is -0.286. The predicted octanol–water partition coefficient (Wildman–Crippen LogP) is 3.63. The summed E-state index contributed by atoms with van der Waals surface area (Å²) < 4.78 is 7.09. The van der Waals surface area contributed by atoms with E-state index in [2.05, 4.69) is 29.6 Å². The van der Waals surface area contributed by atoms with Gasteiger partial charge in [-0.05, 0) is 56.2 Å². The highest BCUT2D eigenvalue weighted by Crippen LogP contribution is 2.43. The molecular weight excluding hydrogens is 338 g/mol. The second kappa shape index (κ2) is 5.59. The highest BCUT2D eigenvalue weighted by molar-refractivity contribution is 5.95. The lowest BCUT2D eigenvalue weighted by atomic mass is 9.83. The van der Waals surface area contributed by atoms with E-state index in [0.717, 1.165) is 54.0 Å². The molecule has 0 atom stereocenters. The lowest BCUT2D eigenvalue weighted by Crippen LogP contribution is -2.43. The number of fused-ring (bicyclic) bond motifs is 4. The number of ether oxygens (including phenoxy) is 1. The van der Waals surface area contributed by atoms with Crippen molar-refractivity contribution in [1.82, 2.24) is 9.38 Å². The average molecular weight is 361 g/mol. The molecule has 3 aromatic rings. The summed E-state index contributed by atoms with van der Waals surface area (Å²) in [6.45, 7) is 4.04. The number of aryl methyl sites for hydroxylation is 2. The smallest absolute Gasteiger partial charge is 0.339 e. The number of hydrogen-bond donors (Lipinski definition) is 1. The molecule has 3 heterocycles. The zero-order valence-electron chi connectivity index (χ0n) is 15.9. The normalized spacial score (nSPS) is 16.9. The first-order chi connectivity index (χ1) is 13.0. The van der Waals surface area contributed by atoms with E-state index >= 15 is 0 Å². The molecule has 5 heteroatoms. The predicted molar refractivity (Wildman–Crippen MR) is 105 cm³/mol. The second-order valence-corrected chi connectivity index (χ2v) is 7.89. The van der Waals surface area contributed by atoms with Gasteiger partial charge < -0.3 is 14.5 Å². The maximum atomic E-state index is 12.5. The van der Waals surface area contributed by atoms with Crippen LogP contribution in [0.1, 0.15) is 44.9 Å². The van der Waals surface area contributed by atoms with Crippen molar-refractivity contribution in [2.45, 2.75) is 45.1 Å². The maximum Gasteiger partial charge on any atom is 0.339 e. The molecule has 2 aliphatic rings. The number of nitrogens with one attached hydrogen (secondary N) is 1. The minimum Gasteiger partial charge on any atom is -0.465 e. The number of rotatable bonds is 1. The Balaban J connectivity index is 1.68. The van der Waals surface area contributed by atoms with Crippen molar-refractivity contribution in [3.63, 3.8) is 0 Å². The van der Waals surface area contributed by atoms with Gasteiger partial charge in [-0.15, -0.1) is 0 Å². The van der Waals surface area contributed by atoms with E-state index in [0.29, 0.717) is 5.56 Å². The van der Waals surface area contributed by atoms with Crippen LogP contribution < -0.4 is 5.32 Å². The summed E-state index contributed by atoms with van der Waals surface area (Å²) in [5.41, 5.74) is 8.44. The van der Waals surface area contributed by atoms with Crippen LogP contribution >= 0.6 is 0 Å². The molecule has 1 aromatic carbocycles. The number of esters is 1. The van der Waals surface area contributed by atoms with Gasteiger partial charge in [-0.2, -0.15) is 0 Å². The number of carbonyl (C=O) groups is 1. The monoisotopic (exact) mass is 361 g/mol. The van der Waals surface area contributed by atoms with Gasteiger partial charge in [0.25, 0.3) is 0 Å². The third-order valence-corrected chi connectivity index (χ3v) is 6.32. The van der Waals surface area contributed by atoms with Gasteiger partial charge in [0.2, 0.25) is 0 Å². The summed E-state index contributed by atoms with van der Waals surface area (Å²) in [6, 6.07) is 8.68. The van der Waals surface area contributed by atoms with Crippen LogP contribution in [-0.2, 0) is 24.0 Å². The lowest BCUT2D eigenvalue weighted by molar-refractivity contribution is 0.0598. The van der Waals surface area contributed by atoms with Gasteiger partial charge in [0.1, 0.15) is 0 Å². The summed E-state index contributed by atoms with van der Waals surface area (Å²) >= 11 is 0. The summed E-state index contributed by atoms with van der Waals surface area (Å²) in [7, 11) is 1.44. The SMILES string of the molecule is COC(=O)c1cn2c(C)c(C)nc2c2c1CCC1(Cc3ccccc3C1)N2. The molecular formula is C22H23N3O2. The zero-order valence-corrected chi connectivity index (χ0v) is 15.9. The van der Waals surface area contributed by atoms with Crippen molar-refractivity contribution in [2.24, 2.45) is 0 Å². The van der Waals surface area contributed by atoms with E-state index in [1.807, 2.05) is 24.4 Å². The Labute approximate surface area is 158 Å². The van der Waals surface area contributed by atoms with Crippen LogP contribution in [0, 0.1) is 13.8 Å². The summed E-state index contributed by atoms with van der Waals surface area (Å²) in [6.07, 6.45) is 5.75. The fourth-order valence-corrected chi connectivity index (χ4v) is 4.77. The van der Waals surface area contributed by atoms with Gasteiger partial charge in [0, 0.05) is 17.4 Å². The van der Waals surface area contributed by atoms with Crippen LogP contribution in [0.15, 0.2) is 30.5 Å². The third kappa shape index (κ3) is 2.30. The number of benzene rings is 1. The largest absolute Gasteiger partial charge is 0.465 e. The van der Waals surface area contributed by atoms with Crippen molar-refractivity contribution in [3.8, 4) is 0 Å². The first-order valence-electron chi connectivity index (χ1n) is 9.46.